The average molecular weight is 470 g/mol. The lowest BCUT2D eigenvalue weighted by molar-refractivity contribution is -0.134. The zero-order valence-electron chi connectivity index (χ0n) is 16.3. The van der Waals surface area contributed by atoms with Crippen LogP contribution in [0.25, 0.3) is 0 Å². The maximum absolute atomic E-state index is 12.8. The van der Waals surface area contributed by atoms with E-state index in [1.807, 2.05) is 4.90 Å². The van der Waals surface area contributed by atoms with Crippen molar-refractivity contribution in [3.63, 3.8) is 0 Å². The van der Waals surface area contributed by atoms with E-state index < -0.39 is 27.0 Å². The van der Waals surface area contributed by atoms with Gasteiger partial charge in [-0.15, -0.1) is 0 Å². The van der Waals surface area contributed by atoms with Gasteiger partial charge in [-0.3, -0.25) is 4.79 Å². The van der Waals surface area contributed by atoms with Crippen molar-refractivity contribution in [2.75, 3.05) is 6.54 Å². The molecule has 11 heteroatoms. The van der Waals surface area contributed by atoms with Gasteiger partial charge in [0.1, 0.15) is 5.75 Å². The van der Waals surface area contributed by atoms with Crippen LogP contribution in [-0.2, 0) is 21.3 Å². The number of hydrogen-bond acceptors (Lipinski definition) is 5. The third-order valence-corrected chi connectivity index (χ3v) is 7.13. The number of likely N-dealkylation sites (tertiary alicyclic amines) is 1. The quantitative estimate of drug-likeness (QED) is 0.525. The number of aliphatic hydroxyl groups is 1. The predicted molar refractivity (Wildman–Crippen MR) is 103 cm³/mol. The maximum Gasteiger partial charge on any atom is 0.534 e. The van der Waals surface area contributed by atoms with Crippen LogP contribution in [0.4, 0.5) is 13.2 Å². The van der Waals surface area contributed by atoms with E-state index in [9.17, 15) is 31.5 Å². The van der Waals surface area contributed by atoms with Gasteiger partial charge in [-0.2, -0.15) is 21.6 Å². The molecule has 1 saturated carbocycles. The molecule has 0 radical (unpaired) electrons. The van der Waals surface area contributed by atoms with Gasteiger partial charge in [-0.25, -0.2) is 0 Å². The summed E-state index contributed by atoms with van der Waals surface area (Å²) in [6.45, 7) is 2.41. The Balaban J connectivity index is 1.64. The summed E-state index contributed by atoms with van der Waals surface area (Å²) in [5.74, 6) is -0.858. The molecule has 1 aliphatic heterocycles. The molecule has 1 aromatic carbocycles. The Hall–Kier alpha value is -1.52. The van der Waals surface area contributed by atoms with Gasteiger partial charge in [0, 0.05) is 29.6 Å². The average Bonchev–Trinajstić information content (AvgIpc) is 2.97. The summed E-state index contributed by atoms with van der Waals surface area (Å²) < 4.78 is 63.6. The monoisotopic (exact) mass is 469 g/mol. The van der Waals surface area contributed by atoms with Gasteiger partial charge in [-0.05, 0) is 57.1 Å². The van der Waals surface area contributed by atoms with Crippen LogP contribution in [0.3, 0.4) is 0 Å². The van der Waals surface area contributed by atoms with Crippen LogP contribution in [0.2, 0.25) is 5.02 Å². The molecule has 0 bridgehead atoms. The van der Waals surface area contributed by atoms with Crippen molar-refractivity contribution in [1.82, 2.24) is 4.90 Å². The van der Waals surface area contributed by atoms with E-state index in [0.29, 0.717) is 37.8 Å². The predicted octanol–water partition coefficient (Wildman–Crippen LogP) is 3.65. The Bertz CT molecular complexity index is 909. The van der Waals surface area contributed by atoms with E-state index in [0.717, 1.165) is 25.0 Å². The van der Waals surface area contributed by atoms with E-state index in [2.05, 4.69) is 4.18 Å². The number of carbonyl (C=O) groups is 1. The molecule has 1 aromatic rings. The Morgan fingerprint density at radius 1 is 1.27 bits per heavy atom. The van der Waals surface area contributed by atoms with Gasteiger partial charge >= 0.3 is 15.6 Å². The Labute approximate surface area is 178 Å². The zero-order valence-corrected chi connectivity index (χ0v) is 17.9. The molecule has 2 aliphatic rings. The SMILES string of the molecule is CC1(O)CCC(N2CCC(Cc3ccc(OS(=O)(=O)C(F)(F)F)cc3Cl)C2=O)CC1. The second-order valence-corrected chi connectivity index (χ2v) is 10.1. The minimum Gasteiger partial charge on any atom is -0.390 e. The number of halogens is 4. The normalized spacial score (nSPS) is 28.1. The molecule has 0 aromatic heterocycles. The number of amides is 1. The Morgan fingerprint density at radius 2 is 1.90 bits per heavy atom. The van der Waals surface area contributed by atoms with Crippen molar-refractivity contribution >= 4 is 27.6 Å². The highest BCUT2D eigenvalue weighted by atomic mass is 35.5. The molecule has 0 spiro atoms. The van der Waals surface area contributed by atoms with Crippen molar-refractivity contribution in [2.24, 2.45) is 5.92 Å². The molecule has 6 nitrogen and oxygen atoms in total. The van der Waals surface area contributed by atoms with Crippen LogP contribution >= 0.6 is 11.6 Å². The first-order chi connectivity index (χ1) is 13.8. The fourth-order valence-corrected chi connectivity index (χ4v) is 4.74. The summed E-state index contributed by atoms with van der Waals surface area (Å²) in [7, 11) is -5.78. The summed E-state index contributed by atoms with van der Waals surface area (Å²) >= 11 is 6.11. The number of rotatable bonds is 5. The molecule has 1 saturated heterocycles. The third kappa shape index (κ3) is 5.03. The maximum atomic E-state index is 12.8. The molecule has 1 atom stereocenters. The van der Waals surface area contributed by atoms with Gasteiger partial charge in [0.25, 0.3) is 0 Å². The fourth-order valence-electron chi connectivity index (χ4n) is 4.04. The van der Waals surface area contributed by atoms with Crippen molar-refractivity contribution in [1.29, 1.82) is 0 Å². The lowest BCUT2D eigenvalue weighted by atomic mass is 9.83. The summed E-state index contributed by atoms with van der Waals surface area (Å²) in [5, 5.41) is 10.1. The molecular weight excluding hydrogens is 447 g/mol. The lowest BCUT2D eigenvalue weighted by Crippen LogP contribution is -2.43. The van der Waals surface area contributed by atoms with Crippen molar-refractivity contribution in [3.05, 3.63) is 28.8 Å². The minimum atomic E-state index is -5.78. The molecule has 1 heterocycles. The van der Waals surface area contributed by atoms with Gasteiger partial charge in [0.05, 0.1) is 5.60 Å². The van der Waals surface area contributed by atoms with Crippen LogP contribution in [0, 0.1) is 5.92 Å². The first kappa shape index (κ1) is 23.1. The Kier molecular flexibility index (Phi) is 6.33. The smallest absolute Gasteiger partial charge is 0.390 e. The second-order valence-electron chi connectivity index (χ2n) is 8.19. The van der Waals surface area contributed by atoms with Crippen LogP contribution in [0.5, 0.6) is 5.75 Å². The summed E-state index contributed by atoms with van der Waals surface area (Å²) in [5.41, 5.74) is -5.69. The van der Waals surface area contributed by atoms with Crippen LogP contribution in [0.1, 0.15) is 44.6 Å². The first-order valence-corrected chi connectivity index (χ1v) is 11.4. The highest BCUT2D eigenvalue weighted by molar-refractivity contribution is 7.88. The summed E-state index contributed by atoms with van der Waals surface area (Å²) in [6.07, 6.45) is 3.69. The van der Waals surface area contributed by atoms with Crippen LogP contribution in [0.15, 0.2) is 18.2 Å². The third-order valence-electron chi connectivity index (χ3n) is 5.80. The molecule has 1 aliphatic carbocycles. The van der Waals surface area contributed by atoms with Crippen molar-refractivity contribution in [3.8, 4) is 5.75 Å². The van der Waals surface area contributed by atoms with Gasteiger partial charge < -0.3 is 14.2 Å². The highest BCUT2D eigenvalue weighted by Gasteiger charge is 2.48. The van der Waals surface area contributed by atoms with E-state index in [1.54, 1.807) is 6.92 Å². The van der Waals surface area contributed by atoms with E-state index >= 15 is 0 Å². The van der Waals surface area contributed by atoms with Crippen LogP contribution < -0.4 is 4.18 Å². The van der Waals surface area contributed by atoms with Gasteiger partial charge in [0.2, 0.25) is 5.91 Å². The van der Waals surface area contributed by atoms with E-state index in [1.165, 1.54) is 6.07 Å². The summed E-state index contributed by atoms with van der Waals surface area (Å²) in [6, 6.07) is 3.56. The van der Waals surface area contributed by atoms with Crippen molar-refractivity contribution in [2.45, 2.75) is 62.6 Å². The Morgan fingerprint density at radius 3 is 2.47 bits per heavy atom. The zero-order chi connectivity index (χ0) is 22.3. The number of hydrogen-bond donors (Lipinski definition) is 1. The second kappa shape index (κ2) is 8.20. The number of nitrogens with zero attached hydrogens (tertiary/aromatic N) is 1. The number of alkyl halides is 3. The van der Waals surface area contributed by atoms with Gasteiger partial charge in [0.15, 0.2) is 0 Å². The lowest BCUT2D eigenvalue weighted by Gasteiger charge is -2.37. The topological polar surface area (TPSA) is 83.9 Å². The van der Waals surface area contributed by atoms with Gasteiger partial charge in [-0.1, -0.05) is 17.7 Å². The number of benzene rings is 1. The summed E-state index contributed by atoms with van der Waals surface area (Å²) in [4.78, 5) is 14.7. The molecule has 1 N–H and O–H groups in total. The number of carbonyl (C=O) groups excluding carboxylic acids is 1. The molecule has 2 fully saturated rings. The largest absolute Gasteiger partial charge is 0.534 e. The molecule has 30 heavy (non-hydrogen) atoms. The highest BCUT2D eigenvalue weighted by Crippen LogP contribution is 2.36. The molecular formula is C19H23ClF3NO5S. The fraction of sp³-hybridized carbons (Fsp3) is 0.632. The molecule has 1 unspecified atom stereocenters. The standard InChI is InChI=1S/C19H23ClF3NO5S/c1-18(26)7-4-14(5-8-18)24-9-6-13(17(24)25)10-12-2-3-15(11-16(12)20)29-30(27,28)19(21,22)23/h2-3,11,13-14,26H,4-10H2,1H3. The molecule has 3 rings (SSSR count). The molecule has 168 valence electrons. The van der Waals surface area contributed by atoms with Crippen LogP contribution in [-0.4, -0.2) is 48.0 Å². The first-order valence-electron chi connectivity index (χ1n) is 9.61. The van der Waals surface area contributed by atoms with E-state index in [4.69, 9.17) is 11.6 Å². The van der Waals surface area contributed by atoms with Crippen molar-refractivity contribution < 1.29 is 35.7 Å². The minimum absolute atomic E-state index is 0.00224. The van der Waals surface area contributed by atoms with E-state index in [-0.39, 0.29) is 22.9 Å². The molecule has 1 amide bonds.